The summed E-state index contributed by atoms with van der Waals surface area (Å²) in [6.07, 6.45) is 0. The van der Waals surface area contributed by atoms with Crippen LogP contribution in [0.5, 0.6) is 5.75 Å². The highest BCUT2D eigenvalue weighted by molar-refractivity contribution is 7.26. The summed E-state index contributed by atoms with van der Waals surface area (Å²) >= 11 is 1.87. The SMILES string of the molecule is c1ccc2c(c1)OCc1nc3ccc(-c4cccc5c4sc4ccccc45)cc3n1-2. The number of ether oxygens (including phenoxy) is 1. The van der Waals surface area contributed by atoms with E-state index < -0.39 is 0 Å². The van der Waals surface area contributed by atoms with Crippen LogP contribution in [0.15, 0.2) is 84.9 Å². The zero-order chi connectivity index (χ0) is 19.7. The molecule has 30 heavy (non-hydrogen) atoms. The predicted octanol–water partition coefficient (Wildman–Crippen LogP) is 6.95. The summed E-state index contributed by atoms with van der Waals surface area (Å²) in [5, 5.41) is 2.65. The maximum atomic E-state index is 5.90. The highest BCUT2D eigenvalue weighted by Crippen LogP contribution is 2.41. The molecule has 2 aromatic heterocycles. The Balaban J connectivity index is 1.51. The van der Waals surface area contributed by atoms with Gasteiger partial charge in [-0.2, -0.15) is 0 Å². The van der Waals surface area contributed by atoms with Crippen LogP contribution >= 0.6 is 11.3 Å². The van der Waals surface area contributed by atoms with Gasteiger partial charge in [0.15, 0.2) is 5.82 Å². The largest absolute Gasteiger partial charge is 0.483 e. The number of fused-ring (bicyclic) bond motifs is 8. The minimum absolute atomic E-state index is 0.493. The van der Waals surface area contributed by atoms with Gasteiger partial charge in [-0.05, 0) is 41.5 Å². The number of rotatable bonds is 1. The molecule has 0 spiro atoms. The molecule has 0 saturated heterocycles. The van der Waals surface area contributed by atoms with E-state index in [9.17, 15) is 0 Å². The summed E-state index contributed by atoms with van der Waals surface area (Å²) < 4.78 is 10.8. The van der Waals surface area contributed by atoms with Crippen molar-refractivity contribution in [2.24, 2.45) is 0 Å². The average Bonchev–Trinajstić information content (AvgIpc) is 3.37. The highest BCUT2D eigenvalue weighted by atomic mass is 32.1. The molecule has 7 rings (SSSR count). The van der Waals surface area contributed by atoms with Gasteiger partial charge in [-0.25, -0.2) is 4.98 Å². The van der Waals surface area contributed by atoms with Crippen molar-refractivity contribution in [3.05, 3.63) is 90.8 Å². The number of thiophene rings is 1. The number of hydrogen-bond donors (Lipinski definition) is 0. The molecule has 6 aromatic rings. The van der Waals surface area contributed by atoms with Gasteiger partial charge in [0.25, 0.3) is 0 Å². The van der Waals surface area contributed by atoms with Gasteiger partial charge in [0.1, 0.15) is 12.4 Å². The minimum atomic E-state index is 0.493. The Bertz CT molecular complexity index is 1610. The number of benzene rings is 4. The van der Waals surface area contributed by atoms with Crippen molar-refractivity contribution >= 4 is 42.5 Å². The van der Waals surface area contributed by atoms with Crippen molar-refractivity contribution in [1.29, 1.82) is 0 Å². The Kier molecular flexibility index (Phi) is 3.21. The summed E-state index contributed by atoms with van der Waals surface area (Å²) in [7, 11) is 0. The molecule has 0 radical (unpaired) electrons. The maximum Gasteiger partial charge on any atom is 0.152 e. The third-order valence-corrected chi connectivity index (χ3v) is 7.12. The van der Waals surface area contributed by atoms with E-state index in [2.05, 4.69) is 71.3 Å². The van der Waals surface area contributed by atoms with E-state index in [1.54, 1.807) is 0 Å². The van der Waals surface area contributed by atoms with Crippen LogP contribution in [0.3, 0.4) is 0 Å². The van der Waals surface area contributed by atoms with Gasteiger partial charge in [-0.3, -0.25) is 4.57 Å². The fraction of sp³-hybridized carbons (Fsp3) is 0.0385. The van der Waals surface area contributed by atoms with E-state index in [0.29, 0.717) is 6.61 Å². The van der Waals surface area contributed by atoms with Crippen molar-refractivity contribution < 1.29 is 4.74 Å². The number of aromatic nitrogens is 2. The Hall–Kier alpha value is -3.63. The van der Waals surface area contributed by atoms with E-state index in [1.165, 1.54) is 31.3 Å². The molecule has 0 fully saturated rings. The summed E-state index contributed by atoms with van der Waals surface area (Å²) in [6.45, 7) is 0.493. The second-order valence-electron chi connectivity index (χ2n) is 7.60. The van der Waals surface area contributed by atoms with Crippen molar-refractivity contribution in [3.63, 3.8) is 0 Å². The first-order valence-corrected chi connectivity index (χ1v) is 10.8. The smallest absolute Gasteiger partial charge is 0.152 e. The Labute approximate surface area is 176 Å². The van der Waals surface area contributed by atoms with Crippen LogP contribution in [0.4, 0.5) is 0 Å². The van der Waals surface area contributed by atoms with Gasteiger partial charge >= 0.3 is 0 Å². The highest BCUT2D eigenvalue weighted by Gasteiger charge is 2.21. The first-order valence-electron chi connectivity index (χ1n) is 10.0. The monoisotopic (exact) mass is 404 g/mol. The average molecular weight is 404 g/mol. The lowest BCUT2D eigenvalue weighted by Gasteiger charge is -2.19. The van der Waals surface area contributed by atoms with Crippen LogP contribution in [0, 0.1) is 0 Å². The first-order chi connectivity index (χ1) is 14.9. The maximum absolute atomic E-state index is 5.90. The number of imidazole rings is 1. The molecule has 1 aliphatic heterocycles. The zero-order valence-corrected chi connectivity index (χ0v) is 16.8. The van der Waals surface area contributed by atoms with Crippen LogP contribution in [0.25, 0.3) is 48.0 Å². The summed E-state index contributed by atoms with van der Waals surface area (Å²) in [5.41, 5.74) is 5.66. The van der Waals surface area contributed by atoms with E-state index in [1.807, 2.05) is 29.5 Å². The van der Waals surface area contributed by atoms with Crippen molar-refractivity contribution in [1.82, 2.24) is 9.55 Å². The Morgan fingerprint density at radius 3 is 2.70 bits per heavy atom. The molecule has 1 aliphatic rings. The molecular formula is C26H16N2OS. The van der Waals surface area contributed by atoms with Gasteiger partial charge in [-0.1, -0.05) is 54.6 Å². The molecule has 0 aliphatic carbocycles. The predicted molar refractivity (Wildman–Crippen MR) is 124 cm³/mol. The lowest BCUT2D eigenvalue weighted by atomic mass is 10.0. The van der Waals surface area contributed by atoms with Crippen LogP contribution in [-0.2, 0) is 6.61 Å². The van der Waals surface area contributed by atoms with Crippen LogP contribution < -0.4 is 4.74 Å². The third-order valence-electron chi connectivity index (χ3n) is 5.90. The molecule has 4 heteroatoms. The first kappa shape index (κ1) is 16.2. The van der Waals surface area contributed by atoms with Crippen molar-refractivity contribution in [2.45, 2.75) is 6.61 Å². The van der Waals surface area contributed by atoms with Crippen LogP contribution in [0.2, 0.25) is 0 Å². The molecule has 3 heterocycles. The lowest BCUT2D eigenvalue weighted by molar-refractivity contribution is 0.280. The van der Waals surface area contributed by atoms with Gasteiger partial charge in [0.05, 0.1) is 16.7 Å². The topological polar surface area (TPSA) is 27.1 Å². The fourth-order valence-electron chi connectivity index (χ4n) is 4.54. The van der Waals surface area contributed by atoms with Crippen molar-refractivity contribution in [2.75, 3.05) is 0 Å². The minimum Gasteiger partial charge on any atom is -0.483 e. The van der Waals surface area contributed by atoms with Gasteiger partial charge in [-0.15, -0.1) is 11.3 Å². The van der Waals surface area contributed by atoms with E-state index in [0.717, 1.165) is 28.3 Å². The van der Waals surface area contributed by atoms with Crippen LogP contribution in [-0.4, -0.2) is 9.55 Å². The number of nitrogens with zero attached hydrogens (tertiary/aromatic N) is 2. The molecule has 0 unspecified atom stereocenters. The van der Waals surface area contributed by atoms with Crippen molar-refractivity contribution in [3.8, 4) is 22.6 Å². The molecular weight excluding hydrogens is 388 g/mol. The Morgan fingerprint density at radius 2 is 1.70 bits per heavy atom. The van der Waals surface area contributed by atoms with E-state index >= 15 is 0 Å². The fourth-order valence-corrected chi connectivity index (χ4v) is 5.78. The summed E-state index contributed by atoms with van der Waals surface area (Å²) in [4.78, 5) is 4.82. The molecule has 0 N–H and O–H groups in total. The van der Waals surface area contributed by atoms with E-state index in [4.69, 9.17) is 9.72 Å². The number of hydrogen-bond acceptors (Lipinski definition) is 3. The van der Waals surface area contributed by atoms with E-state index in [-0.39, 0.29) is 0 Å². The third kappa shape index (κ3) is 2.17. The molecule has 0 bridgehead atoms. The molecule has 0 saturated carbocycles. The summed E-state index contributed by atoms with van der Waals surface area (Å²) in [5.74, 6) is 1.85. The zero-order valence-electron chi connectivity index (χ0n) is 16.0. The quantitative estimate of drug-likeness (QED) is 0.296. The molecule has 3 nitrogen and oxygen atoms in total. The van der Waals surface area contributed by atoms with Crippen LogP contribution in [0.1, 0.15) is 5.82 Å². The molecule has 142 valence electrons. The second-order valence-corrected chi connectivity index (χ2v) is 8.66. The van der Waals surface area contributed by atoms with Gasteiger partial charge in [0, 0.05) is 20.2 Å². The second kappa shape index (κ2) is 5.94. The summed E-state index contributed by atoms with van der Waals surface area (Å²) in [6, 6.07) is 30.0. The van der Waals surface area contributed by atoms with Gasteiger partial charge in [0.2, 0.25) is 0 Å². The molecule has 0 amide bonds. The molecule has 4 aromatic carbocycles. The number of para-hydroxylation sites is 2. The standard InChI is InChI=1S/C26H16N2OS/c1-4-11-24-18(6-1)19-8-5-7-17(26(19)30-24)16-12-13-20-22(14-16)28-21-9-2-3-10-23(21)29-15-25(28)27-20/h1-14H,15H2. The Morgan fingerprint density at radius 1 is 0.833 bits per heavy atom. The molecule has 0 atom stereocenters. The lowest BCUT2D eigenvalue weighted by Crippen LogP contribution is -2.12. The van der Waals surface area contributed by atoms with Gasteiger partial charge < -0.3 is 4.74 Å². The normalized spacial score (nSPS) is 12.8.